The van der Waals surface area contributed by atoms with Crippen molar-refractivity contribution in [1.82, 2.24) is 4.90 Å². The number of amides is 1. The van der Waals surface area contributed by atoms with Gasteiger partial charge in [-0.1, -0.05) is 48.5 Å². The van der Waals surface area contributed by atoms with Crippen LogP contribution in [0.1, 0.15) is 18.4 Å². The number of hydrogen-bond acceptors (Lipinski definition) is 3. The summed E-state index contributed by atoms with van der Waals surface area (Å²) in [5, 5.41) is 3.52. The Kier molecular flexibility index (Phi) is 5.14. The van der Waals surface area contributed by atoms with E-state index in [-0.39, 0.29) is 6.09 Å². The van der Waals surface area contributed by atoms with Gasteiger partial charge >= 0.3 is 6.09 Å². The van der Waals surface area contributed by atoms with Crippen molar-refractivity contribution in [2.45, 2.75) is 25.5 Å². The van der Waals surface area contributed by atoms with Crippen LogP contribution in [0, 0.1) is 0 Å². The first-order chi connectivity index (χ1) is 11.3. The van der Waals surface area contributed by atoms with Crippen LogP contribution in [0.25, 0.3) is 0 Å². The standard InChI is InChI=1S/C19H22N2O2/c22-19(23-15-16-7-3-1-4-8-16)21-13-11-18(12-14-21)20-17-9-5-2-6-10-17/h1-10,18,20H,11-15H2. The average Bonchev–Trinajstić information content (AvgIpc) is 2.62. The Morgan fingerprint density at radius 1 is 1.00 bits per heavy atom. The molecule has 3 rings (SSSR count). The van der Waals surface area contributed by atoms with Gasteiger partial charge in [-0.25, -0.2) is 4.79 Å². The number of hydrogen-bond donors (Lipinski definition) is 1. The molecular weight excluding hydrogens is 288 g/mol. The van der Waals surface area contributed by atoms with E-state index in [0.717, 1.165) is 37.2 Å². The van der Waals surface area contributed by atoms with E-state index < -0.39 is 0 Å². The van der Waals surface area contributed by atoms with Gasteiger partial charge in [0, 0.05) is 24.8 Å². The molecule has 0 unspecified atom stereocenters. The molecule has 23 heavy (non-hydrogen) atoms. The molecule has 4 nitrogen and oxygen atoms in total. The van der Waals surface area contributed by atoms with Crippen molar-refractivity contribution in [2.75, 3.05) is 18.4 Å². The first kappa shape index (κ1) is 15.4. The number of benzene rings is 2. The van der Waals surface area contributed by atoms with Crippen molar-refractivity contribution in [1.29, 1.82) is 0 Å². The SMILES string of the molecule is O=C(OCc1ccccc1)N1CCC(Nc2ccccc2)CC1. The number of carbonyl (C=O) groups excluding carboxylic acids is 1. The van der Waals surface area contributed by atoms with E-state index in [9.17, 15) is 4.79 Å². The van der Waals surface area contributed by atoms with E-state index in [4.69, 9.17) is 4.74 Å². The zero-order valence-electron chi connectivity index (χ0n) is 13.2. The van der Waals surface area contributed by atoms with Crippen LogP contribution >= 0.6 is 0 Å². The lowest BCUT2D eigenvalue weighted by Crippen LogP contribution is -2.42. The van der Waals surface area contributed by atoms with Gasteiger partial charge < -0.3 is 15.0 Å². The second-order valence-electron chi connectivity index (χ2n) is 5.81. The molecule has 1 aliphatic rings. The third kappa shape index (κ3) is 4.49. The van der Waals surface area contributed by atoms with Crippen molar-refractivity contribution in [2.24, 2.45) is 0 Å². The Morgan fingerprint density at radius 2 is 1.61 bits per heavy atom. The highest BCUT2D eigenvalue weighted by atomic mass is 16.6. The number of nitrogens with zero attached hydrogens (tertiary/aromatic N) is 1. The van der Waals surface area contributed by atoms with E-state index in [1.165, 1.54) is 0 Å². The van der Waals surface area contributed by atoms with Crippen LogP contribution in [0.2, 0.25) is 0 Å². The molecule has 0 atom stereocenters. The monoisotopic (exact) mass is 310 g/mol. The number of piperidine rings is 1. The third-order valence-electron chi connectivity index (χ3n) is 4.10. The fourth-order valence-corrected chi connectivity index (χ4v) is 2.79. The highest BCUT2D eigenvalue weighted by molar-refractivity contribution is 5.67. The maximum Gasteiger partial charge on any atom is 0.410 e. The summed E-state index contributed by atoms with van der Waals surface area (Å²) < 4.78 is 5.39. The highest BCUT2D eigenvalue weighted by Crippen LogP contribution is 2.17. The number of likely N-dealkylation sites (tertiary alicyclic amines) is 1. The molecule has 0 spiro atoms. The van der Waals surface area contributed by atoms with Crippen molar-refractivity contribution >= 4 is 11.8 Å². The zero-order chi connectivity index (χ0) is 15.9. The topological polar surface area (TPSA) is 41.6 Å². The first-order valence-electron chi connectivity index (χ1n) is 8.08. The Bertz CT molecular complexity index is 608. The van der Waals surface area contributed by atoms with Gasteiger partial charge in [0.25, 0.3) is 0 Å². The normalized spacial score (nSPS) is 15.2. The second-order valence-corrected chi connectivity index (χ2v) is 5.81. The molecule has 4 heteroatoms. The van der Waals surface area contributed by atoms with Gasteiger partial charge in [0.2, 0.25) is 0 Å². The summed E-state index contributed by atoms with van der Waals surface area (Å²) in [4.78, 5) is 13.9. The lowest BCUT2D eigenvalue weighted by molar-refractivity contribution is 0.0882. The summed E-state index contributed by atoms with van der Waals surface area (Å²) in [6.45, 7) is 1.80. The molecule has 0 saturated carbocycles. The van der Waals surface area contributed by atoms with Gasteiger partial charge in [-0.3, -0.25) is 0 Å². The third-order valence-corrected chi connectivity index (χ3v) is 4.10. The zero-order valence-corrected chi connectivity index (χ0v) is 13.2. The number of rotatable bonds is 4. The number of para-hydroxylation sites is 1. The number of nitrogens with one attached hydrogen (secondary N) is 1. The molecular formula is C19H22N2O2. The summed E-state index contributed by atoms with van der Waals surface area (Å²) in [5.74, 6) is 0. The van der Waals surface area contributed by atoms with E-state index in [0.29, 0.717) is 12.6 Å². The molecule has 0 aromatic heterocycles. The van der Waals surface area contributed by atoms with E-state index >= 15 is 0 Å². The van der Waals surface area contributed by atoms with Crippen LogP contribution in [0.5, 0.6) is 0 Å². The summed E-state index contributed by atoms with van der Waals surface area (Å²) in [5.41, 5.74) is 2.15. The van der Waals surface area contributed by atoms with E-state index in [1.807, 2.05) is 48.5 Å². The quantitative estimate of drug-likeness (QED) is 0.931. The molecule has 1 heterocycles. The van der Waals surface area contributed by atoms with Crippen molar-refractivity contribution in [3.8, 4) is 0 Å². The first-order valence-corrected chi connectivity index (χ1v) is 8.08. The van der Waals surface area contributed by atoms with Crippen LogP contribution in [-0.4, -0.2) is 30.1 Å². The summed E-state index contributed by atoms with van der Waals surface area (Å²) in [6, 6.07) is 20.4. The lowest BCUT2D eigenvalue weighted by Gasteiger charge is -2.32. The number of carbonyl (C=O) groups is 1. The van der Waals surface area contributed by atoms with Gasteiger partial charge in [0.15, 0.2) is 0 Å². The average molecular weight is 310 g/mol. The molecule has 0 aliphatic carbocycles. The minimum atomic E-state index is -0.216. The maximum atomic E-state index is 12.1. The Morgan fingerprint density at radius 3 is 2.26 bits per heavy atom. The van der Waals surface area contributed by atoms with E-state index in [1.54, 1.807) is 4.90 Å². The summed E-state index contributed by atoms with van der Waals surface area (Å²) in [6.07, 6.45) is 1.66. The minimum absolute atomic E-state index is 0.216. The van der Waals surface area contributed by atoms with Gasteiger partial charge in [-0.05, 0) is 30.5 Å². The largest absolute Gasteiger partial charge is 0.445 e. The summed E-state index contributed by atoms with van der Waals surface area (Å²) >= 11 is 0. The lowest BCUT2D eigenvalue weighted by atomic mass is 10.1. The molecule has 1 aliphatic heterocycles. The Hall–Kier alpha value is -2.49. The fraction of sp³-hybridized carbons (Fsp3) is 0.316. The number of anilines is 1. The molecule has 1 fully saturated rings. The molecule has 120 valence electrons. The van der Waals surface area contributed by atoms with E-state index in [2.05, 4.69) is 17.4 Å². The predicted octanol–water partition coefficient (Wildman–Crippen LogP) is 3.90. The van der Waals surface area contributed by atoms with Crippen LogP contribution in [0.3, 0.4) is 0 Å². The predicted molar refractivity (Wildman–Crippen MR) is 91.3 cm³/mol. The Labute approximate surface area is 137 Å². The molecule has 1 amide bonds. The van der Waals surface area contributed by atoms with Crippen LogP contribution in [0.15, 0.2) is 60.7 Å². The number of ether oxygens (including phenoxy) is 1. The summed E-state index contributed by atoms with van der Waals surface area (Å²) in [7, 11) is 0. The maximum absolute atomic E-state index is 12.1. The molecule has 2 aromatic rings. The van der Waals surface area contributed by atoms with Crippen molar-refractivity contribution in [3.05, 3.63) is 66.2 Å². The van der Waals surface area contributed by atoms with Crippen LogP contribution in [-0.2, 0) is 11.3 Å². The van der Waals surface area contributed by atoms with Crippen molar-refractivity contribution in [3.63, 3.8) is 0 Å². The fourth-order valence-electron chi connectivity index (χ4n) is 2.79. The van der Waals surface area contributed by atoms with Gasteiger partial charge in [-0.15, -0.1) is 0 Å². The van der Waals surface area contributed by atoms with Crippen LogP contribution in [0.4, 0.5) is 10.5 Å². The molecule has 1 saturated heterocycles. The van der Waals surface area contributed by atoms with Crippen LogP contribution < -0.4 is 5.32 Å². The molecule has 0 radical (unpaired) electrons. The highest BCUT2D eigenvalue weighted by Gasteiger charge is 2.23. The second kappa shape index (κ2) is 7.68. The smallest absolute Gasteiger partial charge is 0.410 e. The Balaban J connectivity index is 1.42. The minimum Gasteiger partial charge on any atom is -0.445 e. The van der Waals surface area contributed by atoms with Gasteiger partial charge in [-0.2, -0.15) is 0 Å². The van der Waals surface area contributed by atoms with Gasteiger partial charge in [0.1, 0.15) is 6.61 Å². The molecule has 2 aromatic carbocycles. The van der Waals surface area contributed by atoms with Crippen molar-refractivity contribution < 1.29 is 9.53 Å². The molecule has 1 N–H and O–H groups in total. The molecule has 0 bridgehead atoms. The van der Waals surface area contributed by atoms with Gasteiger partial charge in [0.05, 0.1) is 0 Å².